The Hall–Kier alpha value is -1.21. The van der Waals surface area contributed by atoms with E-state index in [9.17, 15) is 12.8 Å². The Balaban J connectivity index is 2.40. The van der Waals surface area contributed by atoms with Gasteiger partial charge in [-0.2, -0.15) is 0 Å². The second-order valence-corrected chi connectivity index (χ2v) is 4.84. The van der Waals surface area contributed by atoms with Gasteiger partial charge in [0, 0.05) is 0 Å². The molecular formula is C8H9FN2O3S. The molecule has 2 rings (SSSR count). The number of sulfonamides is 1. The Morgan fingerprint density at radius 2 is 2.13 bits per heavy atom. The van der Waals surface area contributed by atoms with Crippen LogP contribution < -0.4 is 9.88 Å². The lowest BCUT2D eigenvalue weighted by molar-refractivity contribution is 0.283. The maximum Gasteiger partial charge on any atom is 0.242 e. The summed E-state index contributed by atoms with van der Waals surface area (Å²) in [5, 5.41) is 4.81. The largest absolute Gasteiger partial charge is 0.486 e. The smallest absolute Gasteiger partial charge is 0.242 e. The number of pyridine rings is 1. The van der Waals surface area contributed by atoms with E-state index in [0.29, 0.717) is 0 Å². The van der Waals surface area contributed by atoms with Crippen LogP contribution in [0.1, 0.15) is 12.8 Å². The van der Waals surface area contributed by atoms with Gasteiger partial charge in [-0.3, -0.25) is 4.98 Å². The van der Waals surface area contributed by atoms with Gasteiger partial charge in [-0.1, -0.05) is 0 Å². The van der Waals surface area contributed by atoms with Gasteiger partial charge in [0.1, 0.15) is 4.90 Å². The molecule has 1 saturated carbocycles. The van der Waals surface area contributed by atoms with Crippen LogP contribution in [-0.4, -0.2) is 19.5 Å². The van der Waals surface area contributed by atoms with E-state index in [0.717, 1.165) is 25.2 Å². The summed E-state index contributed by atoms with van der Waals surface area (Å²) in [5.74, 6) is -1.14. The maximum absolute atomic E-state index is 13.5. The number of primary sulfonamides is 1. The van der Waals surface area contributed by atoms with Crippen molar-refractivity contribution in [1.82, 2.24) is 4.98 Å². The fourth-order valence-electron chi connectivity index (χ4n) is 1.05. The fourth-order valence-corrected chi connectivity index (χ4v) is 1.61. The molecule has 0 aliphatic heterocycles. The second-order valence-electron chi connectivity index (χ2n) is 3.31. The summed E-state index contributed by atoms with van der Waals surface area (Å²) in [6.45, 7) is 0. The van der Waals surface area contributed by atoms with Crippen LogP contribution in [0.15, 0.2) is 17.3 Å². The lowest BCUT2D eigenvalue weighted by Crippen LogP contribution is -2.15. The lowest BCUT2D eigenvalue weighted by Gasteiger charge is -2.06. The molecule has 0 bridgehead atoms. The summed E-state index contributed by atoms with van der Waals surface area (Å²) in [5.41, 5.74) is 0. The highest BCUT2D eigenvalue weighted by atomic mass is 32.2. The van der Waals surface area contributed by atoms with Crippen LogP contribution in [0.25, 0.3) is 0 Å². The third kappa shape index (κ3) is 2.24. The average molecular weight is 232 g/mol. The number of halogens is 1. The zero-order valence-electron chi connectivity index (χ0n) is 7.68. The van der Waals surface area contributed by atoms with Crippen LogP contribution in [-0.2, 0) is 10.0 Å². The Morgan fingerprint density at radius 1 is 1.47 bits per heavy atom. The zero-order chi connectivity index (χ0) is 11.1. The van der Waals surface area contributed by atoms with Crippen molar-refractivity contribution in [2.45, 2.75) is 23.8 Å². The number of hydrogen-bond acceptors (Lipinski definition) is 4. The molecule has 5 nitrogen and oxygen atoms in total. The van der Waals surface area contributed by atoms with Gasteiger partial charge in [0.25, 0.3) is 0 Å². The predicted octanol–water partition coefficient (Wildman–Crippen LogP) is 0.409. The first kappa shape index (κ1) is 10.3. The van der Waals surface area contributed by atoms with Crippen molar-refractivity contribution in [3.05, 3.63) is 18.2 Å². The Morgan fingerprint density at radius 3 is 2.67 bits per heavy atom. The first-order chi connectivity index (χ1) is 6.98. The Bertz CT molecular complexity index is 485. The van der Waals surface area contributed by atoms with E-state index in [-0.39, 0.29) is 11.9 Å². The quantitative estimate of drug-likeness (QED) is 0.818. The van der Waals surface area contributed by atoms with E-state index >= 15 is 0 Å². The van der Waals surface area contributed by atoms with E-state index in [1.807, 2.05) is 0 Å². The maximum atomic E-state index is 13.5. The number of nitrogens with two attached hydrogens (primary N) is 1. The highest BCUT2D eigenvalue weighted by molar-refractivity contribution is 7.89. The van der Waals surface area contributed by atoms with Crippen LogP contribution >= 0.6 is 0 Å². The molecule has 1 fully saturated rings. The summed E-state index contributed by atoms with van der Waals surface area (Å²) in [4.78, 5) is 2.93. The minimum Gasteiger partial charge on any atom is -0.486 e. The average Bonchev–Trinajstić information content (AvgIpc) is 2.90. The van der Waals surface area contributed by atoms with Gasteiger partial charge < -0.3 is 4.74 Å². The van der Waals surface area contributed by atoms with Crippen LogP contribution in [0.3, 0.4) is 0 Å². The molecule has 0 aromatic carbocycles. The second kappa shape index (κ2) is 3.42. The Labute approximate surface area is 86.1 Å². The van der Waals surface area contributed by atoms with Gasteiger partial charge in [-0.15, -0.1) is 0 Å². The summed E-state index contributed by atoms with van der Waals surface area (Å²) >= 11 is 0. The minimum absolute atomic E-state index is 0.0305. The molecule has 7 heteroatoms. The van der Waals surface area contributed by atoms with Gasteiger partial charge in [0.05, 0.1) is 18.5 Å². The van der Waals surface area contributed by atoms with Crippen molar-refractivity contribution in [1.29, 1.82) is 0 Å². The van der Waals surface area contributed by atoms with E-state index in [1.165, 1.54) is 0 Å². The van der Waals surface area contributed by atoms with Gasteiger partial charge in [0.2, 0.25) is 10.0 Å². The van der Waals surface area contributed by atoms with Crippen molar-refractivity contribution < 1.29 is 17.5 Å². The van der Waals surface area contributed by atoms with Gasteiger partial charge in [-0.25, -0.2) is 17.9 Å². The molecule has 0 atom stereocenters. The van der Waals surface area contributed by atoms with E-state index in [4.69, 9.17) is 9.88 Å². The number of nitrogens with zero attached hydrogens (tertiary/aromatic N) is 1. The van der Waals surface area contributed by atoms with E-state index in [1.54, 1.807) is 0 Å². The number of ether oxygens (including phenoxy) is 1. The van der Waals surface area contributed by atoms with E-state index < -0.39 is 20.7 Å². The number of aromatic nitrogens is 1. The number of rotatable bonds is 3. The van der Waals surface area contributed by atoms with Gasteiger partial charge >= 0.3 is 0 Å². The fraction of sp³-hybridized carbons (Fsp3) is 0.375. The summed E-state index contributed by atoms with van der Waals surface area (Å²) in [7, 11) is -4.09. The molecule has 82 valence electrons. The van der Waals surface area contributed by atoms with Gasteiger partial charge in [-0.05, 0) is 12.8 Å². The molecule has 1 aliphatic carbocycles. The van der Waals surface area contributed by atoms with Crippen LogP contribution in [0.5, 0.6) is 5.75 Å². The molecule has 1 heterocycles. The monoisotopic (exact) mass is 232 g/mol. The summed E-state index contributed by atoms with van der Waals surface area (Å²) in [6.07, 6.45) is 3.67. The third-order valence-electron chi connectivity index (χ3n) is 1.94. The highest BCUT2D eigenvalue weighted by Gasteiger charge is 2.27. The topological polar surface area (TPSA) is 82.3 Å². The molecular weight excluding hydrogens is 223 g/mol. The normalized spacial score (nSPS) is 16.4. The van der Waals surface area contributed by atoms with Gasteiger partial charge in [0.15, 0.2) is 11.6 Å². The zero-order valence-corrected chi connectivity index (χ0v) is 8.50. The molecule has 1 aromatic heterocycles. The third-order valence-corrected chi connectivity index (χ3v) is 2.84. The van der Waals surface area contributed by atoms with Crippen LogP contribution in [0, 0.1) is 5.82 Å². The summed E-state index contributed by atoms with van der Waals surface area (Å²) < 4.78 is 40.6. The van der Waals surface area contributed by atoms with Crippen molar-refractivity contribution in [2.24, 2.45) is 5.14 Å². The van der Waals surface area contributed by atoms with Crippen LogP contribution in [0.4, 0.5) is 4.39 Å². The molecule has 0 radical (unpaired) electrons. The minimum atomic E-state index is -4.09. The lowest BCUT2D eigenvalue weighted by atomic mass is 10.4. The summed E-state index contributed by atoms with van der Waals surface area (Å²) in [6, 6.07) is 0. The van der Waals surface area contributed by atoms with E-state index in [2.05, 4.69) is 4.98 Å². The van der Waals surface area contributed by atoms with Crippen molar-refractivity contribution in [2.75, 3.05) is 0 Å². The SMILES string of the molecule is NS(=O)(=O)c1cncc(OC2CC2)c1F. The molecule has 2 N–H and O–H groups in total. The highest BCUT2D eigenvalue weighted by Crippen LogP contribution is 2.29. The molecule has 15 heavy (non-hydrogen) atoms. The van der Waals surface area contributed by atoms with Crippen molar-refractivity contribution in [3.8, 4) is 5.75 Å². The molecule has 1 aromatic rings. The standard InChI is InChI=1S/C8H9FN2O3S/c9-8-6(14-5-1-2-5)3-11-4-7(8)15(10,12)13/h3-5H,1-2H2,(H2,10,12,13). The molecule has 0 amide bonds. The number of hydrogen-bond donors (Lipinski definition) is 1. The molecule has 0 saturated heterocycles. The first-order valence-corrected chi connectivity index (χ1v) is 5.86. The first-order valence-electron chi connectivity index (χ1n) is 4.31. The van der Waals surface area contributed by atoms with Crippen molar-refractivity contribution in [3.63, 3.8) is 0 Å². The van der Waals surface area contributed by atoms with Crippen LogP contribution in [0.2, 0.25) is 0 Å². The molecule has 1 aliphatic rings. The molecule has 0 unspecified atom stereocenters. The molecule has 0 spiro atoms. The Kier molecular flexibility index (Phi) is 2.35. The van der Waals surface area contributed by atoms with Crippen molar-refractivity contribution >= 4 is 10.0 Å². The predicted molar refractivity (Wildman–Crippen MR) is 49.2 cm³/mol.